The highest BCUT2D eigenvalue weighted by molar-refractivity contribution is 5.92. The number of nitro groups is 1. The van der Waals surface area contributed by atoms with Crippen LogP contribution in [0.5, 0.6) is 0 Å². The van der Waals surface area contributed by atoms with Crippen molar-refractivity contribution < 1.29 is 19.6 Å². The Bertz CT molecular complexity index is 1150. The molecule has 0 unspecified atom stereocenters. The molecule has 4 heterocycles. The van der Waals surface area contributed by atoms with E-state index in [1.54, 1.807) is 24.3 Å². The Balaban J connectivity index is 1.71. The van der Waals surface area contributed by atoms with Crippen LogP contribution >= 0.6 is 0 Å². The zero-order valence-corrected chi connectivity index (χ0v) is 14.0. The molecular weight excluding hydrogens is 350 g/mol. The van der Waals surface area contributed by atoms with Crippen LogP contribution in [0.4, 0.5) is 5.69 Å². The minimum absolute atomic E-state index is 0.00677. The van der Waals surface area contributed by atoms with Crippen molar-refractivity contribution in [3.8, 4) is 0 Å². The Morgan fingerprint density at radius 2 is 2.22 bits per heavy atom. The number of pyridine rings is 1. The van der Waals surface area contributed by atoms with Gasteiger partial charge in [0, 0.05) is 28.5 Å². The SMILES string of the molecule is C=C1C2=C(C=C3c4nc5cccc([N+](=O)[O-])c5cc4CN13)[C@H](O)C(=O)OC2. The van der Waals surface area contributed by atoms with Crippen molar-refractivity contribution in [1.29, 1.82) is 0 Å². The number of nitrogens with zero attached hydrogens (tertiary/aromatic N) is 3. The average Bonchev–Trinajstić information content (AvgIpc) is 3.01. The van der Waals surface area contributed by atoms with E-state index in [0.717, 1.165) is 11.3 Å². The van der Waals surface area contributed by atoms with Crippen LogP contribution in [-0.2, 0) is 16.1 Å². The summed E-state index contributed by atoms with van der Waals surface area (Å²) in [5.41, 5.74) is 4.51. The predicted molar refractivity (Wildman–Crippen MR) is 95.0 cm³/mol. The number of hydrogen-bond donors (Lipinski definition) is 1. The molecule has 0 saturated heterocycles. The molecule has 0 saturated carbocycles. The second kappa shape index (κ2) is 5.24. The molecule has 2 aromatic rings. The summed E-state index contributed by atoms with van der Waals surface area (Å²) in [6.07, 6.45) is 0.377. The van der Waals surface area contributed by atoms with Gasteiger partial charge in [-0.25, -0.2) is 9.78 Å². The van der Waals surface area contributed by atoms with Crippen molar-refractivity contribution in [2.24, 2.45) is 0 Å². The number of rotatable bonds is 1. The molecule has 0 aliphatic carbocycles. The van der Waals surface area contributed by atoms with Gasteiger partial charge in [0.2, 0.25) is 0 Å². The van der Waals surface area contributed by atoms with Crippen molar-refractivity contribution in [1.82, 2.24) is 9.88 Å². The molecule has 8 heteroatoms. The molecule has 0 fully saturated rings. The van der Waals surface area contributed by atoms with Crippen LogP contribution in [0.2, 0.25) is 0 Å². The number of nitro benzene ring substituents is 1. The fraction of sp³-hybridized carbons (Fsp3) is 0.158. The lowest BCUT2D eigenvalue weighted by Crippen LogP contribution is -2.36. The van der Waals surface area contributed by atoms with Gasteiger partial charge in [0.05, 0.1) is 33.8 Å². The third kappa shape index (κ3) is 2.07. The molecule has 0 radical (unpaired) electrons. The number of cyclic esters (lactones) is 1. The van der Waals surface area contributed by atoms with Crippen LogP contribution in [0.3, 0.4) is 0 Å². The third-order valence-corrected chi connectivity index (χ3v) is 5.17. The van der Waals surface area contributed by atoms with E-state index in [0.29, 0.717) is 40.0 Å². The summed E-state index contributed by atoms with van der Waals surface area (Å²) < 4.78 is 5.01. The molecule has 0 bridgehead atoms. The summed E-state index contributed by atoms with van der Waals surface area (Å²) in [5, 5.41) is 22.0. The maximum absolute atomic E-state index is 11.7. The maximum Gasteiger partial charge on any atom is 0.340 e. The Hall–Kier alpha value is -3.52. The first-order valence-corrected chi connectivity index (χ1v) is 8.29. The molecule has 8 nitrogen and oxygen atoms in total. The summed E-state index contributed by atoms with van der Waals surface area (Å²) in [7, 11) is 0. The molecule has 1 atom stereocenters. The summed E-state index contributed by atoms with van der Waals surface area (Å²) in [5.74, 6) is -0.688. The summed E-state index contributed by atoms with van der Waals surface area (Å²) >= 11 is 0. The molecule has 0 spiro atoms. The van der Waals surface area contributed by atoms with Crippen LogP contribution in [0, 0.1) is 10.1 Å². The lowest BCUT2D eigenvalue weighted by Gasteiger charge is -2.33. The highest BCUT2D eigenvalue weighted by Crippen LogP contribution is 2.44. The molecule has 1 aromatic carbocycles. The second-order valence-corrected chi connectivity index (χ2v) is 6.60. The Morgan fingerprint density at radius 3 is 3.00 bits per heavy atom. The molecule has 3 aliphatic heterocycles. The number of carbonyl (C=O) groups is 1. The van der Waals surface area contributed by atoms with E-state index >= 15 is 0 Å². The number of benzene rings is 1. The Kier molecular flexibility index (Phi) is 3.05. The number of esters is 1. The summed E-state index contributed by atoms with van der Waals surface area (Å²) in [6.45, 7) is 4.60. The lowest BCUT2D eigenvalue weighted by atomic mass is 9.93. The normalized spacial score (nSPS) is 20.9. The first kappa shape index (κ1) is 15.7. The van der Waals surface area contributed by atoms with Gasteiger partial charge in [-0.05, 0) is 18.2 Å². The topological polar surface area (TPSA) is 106 Å². The van der Waals surface area contributed by atoms with Crippen molar-refractivity contribution in [2.45, 2.75) is 12.6 Å². The summed E-state index contributed by atoms with van der Waals surface area (Å²) in [4.78, 5) is 29.2. The Labute approximate surface area is 152 Å². The highest BCUT2D eigenvalue weighted by atomic mass is 16.6. The lowest BCUT2D eigenvalue weighted by molar-refractivity contribution is -0.383. The quantitative estimate of drug-likeness (QED) is 0.469. The molecule has 3 aliphatic rings. The number of fused-ring (bicyclic) bond motifs is 4. The Morgan fingerprint density at radius 1 is 1.41 bits per heavy atom. The van der Waals surface area contributed by atoms with Crippen molar-refractivity contribution in [3.05, 3.63) is 75.1 Å². The van der Waals surface area contributed by atoms with Gasteiger partial charge >= 0.3 is 5.97 Å². The smallest absolute Gasteiger partial charge is 0.340 e. The molecule has 5 rings (SSSR count). The van der Waals surface area contributed by atoms with Gasteiger partial charge in [-0.1, -0.05) is 12.6 Å². The number of aliphatic hydroxyl groups excluding tert-OH is 1. The number of aromatic nitrogens is 1. The standard InChI is InChI=1S/C19H13N3O5/c1-9-13-8-27-19(24)18(23)11(13)6-16-17-10(7-21(9)16)5-12-14(20-17)3-2-4-15(12)22(25)26/h2-6,18,23H,1,7-8H2/t18-/m0/s1. The van der Waals surface area contributed by atoms with Crippen LogP contribution in [0.15, 0.2) is 53.8 Å². The van der Waals surface area contributed by atoms with E-state index in [9.17, 15) is 20.0 Å². The zero-order valence-electron chi connectivity index (χ0n) is 14.0. The maximum atomic E-state index is 11.7. The van der Waals surface area contributed by atoms with Gasteiger partial charge in [0.1, 0.15) is 6.61 Å². The van der Waals surface area contributed by atoms with Gasteiger partial charge in [0.25, 0.3) is 5.69 Å². The molecule has 1 aromatic heterocycles. The van der Waals surface area contributed by atoms with Gasteiger partial charge in [-0.3, -0.25) is 10.1 Å². The average molecular weight is 363 g/mol. The second-order valence-electron chi connectivity index (χ2n) is 6.60. The fourth-order valence-corrected chi connectivity index (χ4v) is 3.82. The fourth-order valence-electron chi connectivity index (χ4n) is 3.82. The number of aliphatic hydroxyl groups is 1. The van der Waals surface area contributed by atoms with Gasteiger partial charge < -0.3 is 14.7 Å². The van der Waals surface area contributed by atoms with Crippen molar-refractivity contribution in [2.75, 3.05) is 6.61 Å². The van der Waals surface area contributed by atoms with E-state index in [-0.39, 0.29) is 12.3 Å². The minimum Gasteiger partial charge on any atom is -0.459 e. The number of hydrogen-bond acceptors (Lipinski definition) is 7. The molecule has 134 valence electrons. The largest absolute Gasteiger partial charge is 0.459 e. The monoisotopic (exact) mass is 363 g/mol. The molecule has 1 N–H and O–H groups in total. The highest BCUT2D eigenvalue weighted by Gasteiger charge is 2.39. The van der Waals surface area contributed by atoms with Crippen LogP contribution < -0.4 is 0 Å². The van der Waals surface area contributed by atoms with E-state index in [1.165, 1.54) is 6.07 Å². The van der Waals surface area contributed by atoms with Crippen molar-refractivity contribution in [3.63, 3.8) is 0 Å². The first-order chi connectivity index (χ1) is 13.0. The van der Waals surface area contributed by atoms with Gasteiger partial charge in [-0.15, -0.1) is 0 Å². The van der Waals surface area contributed by atoms with E-state index in [1.807, 2.05) is 4.90 Å². The van der Waals surface area contributed by atoms with Gasteiger partial charge in [-0.2, -0.15) is 0 Å². The molecule has 27 heavy (non-hydrogen) atoms. The predicted octanol–water partition coefficient (Wildman–Crippen LogP) is 2.04. The first-order valence-electron chi connectivity index (χ1n) is 8.29. The number of non-ortho nitro benzene ring substituents is 1. The van der Waals surface area contributed by atoms with Crippen LogP contribution in [0.25, 0.3) is 16.6 Å². The van der Waals surface area contributed by atoms with Crippen LogP contribution in [0.1, 0.15) is 11.3 Å². The van der Waals surface area contributed by atoms with E-state index < -0.39 is 17.0 Å². The van der Waals surface area contributed by atoms with Crippen molar-refractivity contribution >= 4 is 28.3 Å². The zero-order chi connectivity index (χ0) is 18.9. The third-order valence-electron chi connectivity index (χ3n) is 5.17. The number of carbonyl (C=O) groups excluding carboxylic acids is 1. The number of ether oxygens (including phenoxy) is 1. The van der Waals surface area contributed by atoms with E-state index in [4.69, 9.17) is 4.74 Å². The summed E-state index contributed by atoms with van der Waals surface area (Å²) in [6, 6.07) is 6.55. The van der Waals surface area contributed by atoms with Crippen LogP contribution in [-0.4, -0.2) is 38.6 Å². The van der Waals surface area contributed by atoms with Gasteiger partial charge in [0.15, 0.2) is 6.10 Å². The molecular formula is C19H13N3O5. The van der Waals surface area contributed by atoms with E-state index in [2.05, 4.69) is 11.6 Å². The minimum atomic E-state index is -1.36. The molecule has 0 amide bonds.